The fourth-order valence-corrected chi connectivity index (χ4v) is 2.18. The van der Waals surface area contributed by atoms with E-state index < -0.39 is 5.91 Å². The molecule has 2 aromatic rings. The van der Waals surface area contributed by atoms with Crippen LogP contribution in [0.15, 0.2) is 65.4 Å². The smallest absolute Gasteiger partial charge is 0.248 e. The number of carbonyl (C=O) groups is 1. The van der Waals surface area contributed by atoms with E-state index in [4.69, 9.17) is 5.73 Å². The number of rotatable bonds is 3. The second-order valence-corrected chi connectivity index (χ2v) is 4.42. The molecule has 2 heterocycles. The van der Waals surface area contributed by atoms with Crippen LogP contribution in [0, 0.1) is 0 Å². The van der Waals surface area contributed by atoms with E-state index in [9.17, 15) is 4.79 Å². The summed E-state index contributed by atoms with van der Waals surface area (Å²) in [6, 6.07) is 11.1. The number of hydrogen-bond donors (Lipinski definition) is 2. The number of amides is 1. The molecule has 0 unspecified atom stereocenters. The molecule has 1 aliphatic heterocycles. The first-order valence-electron chi connectivity index (χ1n) is 6.25. The first-order chi connectivity index (χ1) is 9.75. The van der Waals surface area contributed by atoms with Gasteiger partial charge in [-0.3, -0.25) is 9.79 Å². The minimum absolute atomic E-state index is 0.426. The second-order valence-electron chi connectivity index (χ2n) is 4.42. The van der Waals surface area contributed by atoms with Crippen LogP contribution in [-0.2, 0) is 0 Å². The average molecular weight is 263 g/mol. The summed E-state index contributed by atoms with van der Waals surface area (Å²) in [5, 5.41) is 0. The number of allylic oxidation sites excluding steroid dienone is 2. The fourth-order valence-electron chi connectivity index (χ4n) is 2.18. The molecule has 20 heavy (non-hydrogen) atoms. The standard InChI is InChI=1S/C16H13N3O/c17-16(20)12-7-5-11(6-8-12)15(13-3-1-9-18-13)14-4-2-10-19-14/h1-10,18H,(H2,17,20)/b15-14-. The predicted molar refractivity (Wildman–Crippen MR) is 79.4 cm³/mol. The van der Waals surface area contributed by atoms with E-state index in [1.807, 2.05) is 42.6 Å². The number of nitrogens with one attached hydrogen (secondary N) is 1. The van der Waals surface area contributed by atoms with Gasteiger partial charge in [0, 0.05) is 29.2 Å². The molecule has 4 nitrogen and oxygen atoms in total. The Labute approximate surface area is 116 Å². The summed E-state index contributed by atoms with van der Waals surface area (Å²) in [6.07, 6.45) is 7.49. The van der Waals surface area contributed by atoms with Gasteiger partial charge in [-0.05, 0) is 42.0 Å². The van der Waals surface area contributed by atoms with Crippen molar-refractivity contribution >= 4 is 17.7 Å². The molecule has 1 amide bonds. The molecule has 0 saturated heterocycles. The third kappa shape index (κ3) is 2.19. The van der Waals surface area contributed by atoms with Gasteiger partial charge in [-0.1, -0.05) is 12.1 Å². The molecule has 3 N–H and O–H groups in total. The van der Waals surface area contributed by atoms with Crippen molar-refractivity contribution in [2.75, 3.05) is 0 Å². The number of aliphatic imine (C=N–C) groups is 1. The van der Waals surface area contributed by atoms with Crippen molar-refractivity contribution in [3.63, 3.8) is 0 Å². The normalized spacial score (nSPS) is 15.6. The predicted octanol–water partition coefficient (Wildman–Crippen LogP) is 2.51. The zero-order valence-corrected chi connectivity index (χ0v) is 10.7. The number of carbonyl (C=O) groups excluding carboxylic acids is 1. The molecule has 0 spiro atoms. The Balaban J connectivity index is 2.12. The summed E-state index contributed by atoms with van der Waals surface area (Å²) in [5.41, 5.74) is 9.61. The van der Waals surface area contributed by atoms with Crippen molar-refractivity contribution in [3.05, 3.63) is 77.3 Å². The lowest BCUT2D eigenvalue weighted by molar-refractivity contribution is 0.100. The molecule has 3 rings (SSSR count). The summed E-state index contributed by atoms with van der Waals surface area (Å²) in [7, 11) is 0. The highest BCUT2D eigenvalue weighted by Crippen LogP contribution is 2.28. The summed E-state index contributed by atoms with van der Waals surface area (Å²) in [4.78, 5) is 18.7. The molecule has 0 radical (unpaired) electrons. The number of aromatic nitrogens is 1. The maximum atomic E-state index is 11.1. The molecule has 1 aromatic heterocycles. The van der Waals surface area contributed by atoms with Crippen LogP contribution in [0.25, 0.3) is 5.57 Å². The van der Waals surface area contributed by atoms with E-state index in [1.165, 1.54) is 0 Å². The molecular formula is C16H13N3O. The number of hydrogen-bond acceptors (Lipinski definition) is 2. The Morgan fingerprint density at radius 1 is 1.10 bits per heavy atom. The monoisotopic (exact) mass is 263 g/mol. The molecule has 0 bridgehead atoms. The van der Waals surface area contributed by atoms with E-state index in [1.54, 1.807) is 18.3 Å². The topological polar surface area (TPSA) is 71.2 Å². The van der Waals surface area contributed by atoms with Gasteiger partial charge in [0.25, 0.3) is 0 Å². The van der Waals surface area contributed by atoms with Crippen LogP contribution in [0.5, 0.6) is 0 Å². The maximum Gasteiger partial charge on any atom is 0.248 e. The lowest BCUT2D eigenvalue weighted by Crippen LogP contribution is -2.10. The van der Waals surface area contributed by atoms with Crippen molar-refractivity contribution in [1.82, 2.24) is 4.98 Å². The SMILES string of the molecule is NC(=O)c1ccc(/C(=C2\C=CC=N2)c2ccc[nH]2)cc1. The zero-order valence-electron chi connectivity index (χ0n) is 10.7. The Hall–Kier alpha value is -2.88. The summed E-state index contributed by atoms with van der Waals surface area (Å²) < 4.78 is 0. The number of aromatic amines is 1. The minimum atomic E-state index is -0.426. The molecule has 0 saturated carbocycles. The van der Waals surface area contributed by atoms with Crippen molar-refractivity contribution < 1.29 is 4.79 Å². The van der Waals surface area contributed by atoms with Crippen LogP contribution in [0.3, 0.4) is 0 Å². The van der Waals surface area contributed by atoms with Crippen LogP contribution in [0.1, 0.15) is 21.6 Å². The van der Waals surface area contributed by atoms with Crippen LogP contribution >= 0.6 is 0 Å². The van der Waals surface area contributed by atoms with E-state index in [-0.39, 0.29) is 0 Å². The molecule has 0 fully saturated rings. The van der Waals surface area contributed by atoms with Gasteiger partial charge in [0.15, 0.2) is 0 Å². The number of nitrogens with zero attached hydrogens (tertiary/aromatic N) is 1. The first kappa shape index (κ1) is 12.2. The highest BCUT2D eigenvalue weighted by Gasteiger charge is 2.12. The van der Waals surface area contributed by atoms with Crippen LogP contribution in [0.4, 0.5) is 0 Å². The van der Waals surface area contributed by atoms with Gasteiger partial charge < -0.3 is 10.7 Å². The highest BCUT2D eigenvalue weighted by molar-refractivity contribution is 5.94. The van der Waals surface area contributed by atoms with Crippen molar-refractivity contribution in [2.45, 2.75) is 0 Å². The lowest BCUT2D eigenvalue weighted by Gasteiger charge is -2.08. The summed E-state index contributed by atoms with van der Waals surface area (Å²) >= 11 is 0. The number of nitrogens with two attached hydrogens (primary N) is 1. The highest BCUT2D eigenvalue weighted by atomic mass is 16.1. The van der Waals surface area contributed by atoms with E-state index in [0.29, 0.717) is 5.56 Å². The number of primary amides is 1. The van der Waals surface area contributed by atoms with Gasteiger partial charge in [0.2, 0.25) is 5.91 Å². The minimum Gasteiger partial charge on any atom is -0.366 e. The number of benzene rings is 1. The van der Waals surface area contributed by atoms with Crippen LogP contribution < -0.4 is 5.73 Å². The Morgan fingerprint density at radius 2 is 1.85 bits per heavy atom. The van der Waals surface area contributed by atoms with E-state index in [0.717, 1.165) is 22.5 Å². The molecule has 1 aliphatic rings. The molecule has 4 heteroatoms. The molecule has 98 valence electrons. The lowest BCUT2D eigenvalue weighted by atomic mass is 9.99. The van der Waals surface area contributed by atoms with E-state index in [2.05, 4.69) is 9.98 Å². The van der Waals surface area contributed by atoms with Gasteiger partial charge in [-0.25, -0.2) is 0 Å². The Bertz CT molecular complexity index is 706. The van der Waals surface area contributed by atoms with Crippen molar-refractivity contribution in [2.24, 2.45) is 10.7 Å². The largest absolute Gasteiger partial charge is 0.366 e. The third-order valence-electron chi connectivity index (χ3n) is 3.14. The van der Waals surface area contributed by atoms with Crippen LogP contribution in [-0.4, -0.2) is 17.1 Å². The Morgan fingerprint density at radius 3 is 2.40 bits per heavy atom. The van der Waals surface area contributed by atoms with Gasteiger partial charge in [0.05, 0.1) is 5.70 Å². The zero-order chi connectivity index (χ0) is 13.9. The van der Waals surface area contributed by atoms with Crippen molar-refractivity contribution in [1.29, 1.82) is 0 Å². The molecule has 0 aliphatic carbocycles. The summed E-state index contributed by atoms with van der Waals surface area (Å²) in [6.45, 7) is 0. The molecule has 1 aromatic carbocycles. The molecular weight excluding hydrogens is 250 g/mol. The third-order valence-corrected chi connectivity index (χ3v) is 3.14. The van der Waals surface area contributed by atoms with Crippen molar-refractivity contribution in [3.8, 4) is 0 Å². The first-order valence-corrected chi connectivity index (χ1v) is 6.25. The maximum absolute atomic E-state index is 11.1. The van der Waals surface area contributed by atoms with Gasteiger partial charge in [-0.2, -0.15) is 0 Å². The Kier molecular flexibility index (Phi) is 3.05. The molecule has 0 atom stereocenters. The van der Waals surface area contributed by atoms with Gasteiger partial charge in [-0.15, -0.1) is 0 Å². The van der Waals surface area contributed by atoms with E-state index >= 15 is 0 Å². The fraction of sp³-hybridized carbons (Fsp3) is 0. The quantitative estimate of drug-likeness (QED) is 0.877. The second kappa shape index (κ2) is 5.01. The average Bonchev–Trinajstić information content (AvgIpc) is 3.13. The van der Waals surface area contributed by atoms with Gasteiger partial charge in [0.1, 0.15) is 0 Å². The van der Waals surface area contributed by atoms with Gasteiger partial charge >= 0.3 is 0 Å². The summed E-state index contributed by atoms with van der Waals surface area (Å²) in [5.74, 6) is -0.426. The number of H-pyrrole nitrogens is 1. The van der Waals surface area contributed by atoms with Crippen LogP contribution in [0.2, 0.25) is 0 Å².